The lowest BCUT2D eigenvalue weighted by molar-refractivity contribution is -0.384. The number of benzene rings is 3. The van der Waals surface area contributed by atoms with Gasteiger partial charge in [0.2, 0.25) is 0 Å². The second-order valence-corrected chi connectivity index (χ2v) is 8.61. The highest BCUT2D eigenvalue weighted by molar-refractivity contribution is 8.16. The molecule has 0 aliphatic carbocycles. The van der Waals surface area contributed by atoms with E-state index in [9.17, 15) is 29.9 Å². The van der Waals surface area contributed by atoms with Gasteiger partial charge in [0.1, 0.15) is 0 Å². The predicted octanol–water partition coefficient (Wildman–Crippen LogP) is 5.57. The van der Waals surface area contributed by atoms with E-state index in [-0.39, 0.29) is 16.8 Å². The Morgan fingerprint density at radius 3 is 1.77 bits per heavy atom. The molecule has 3 aromatic carbocycles. The molecule has 152 valence electrons. The van der Waals surface area contributed by atoms with E-state index in [2.05, 4.69) is 0 Å². The third kappa shape index (κ3) is 5.00. The smallest absolute Gasteiger partial charge is 0.336 e. The van der Waals surface area contributed by atoms with Crippen molar-refractivity contribution < 1.29 is 24.7 Å². The summed E-state index contributed by atoms with van der Waals surface area (Å²) in [5, 5.41) is 30.2. The van der Waals surface area contributed by atoms with Crippen LogP contribution >= 0.6 is 23.5 Å². The van der Waals surface area contributed by atoms with Gasteiger partial charge in [-0.3, -0.25) is 10.1 Å². The number of carbonyl (C=O) groups is 2. The van der Waals surface area contributed by atoms with Crippen LogP contribution in [0.15, 0.2) is 82.6 Å². The molecule has 3 rings (SSSR count). The van der Waals surface area contributed by atoms with Crippen molar-refractivity contribution in [2.75, 3.05) is 0 Å². The first kappa shape index (κ1) is 21.4. The van der Waals surface area contributed by atoms with Crippen molar-refractivity contribution in [2.24, 2.45) is 0 Å². The van der Waals surface area contributed by atoms with Crippen LogP contribution in [-0.4, -0.2) is 27.1 Å². The van der Waals surface area contributed by atoms with Gasteiger partial charge in [-0.05, 0) is 29.8 Å². The first-order valence-corrected chi connectivity index (χ1v) is 10.3. The van der Waals surface area contributed by atoms with Crippen molar-refractivity contribution in [1.82, 2.24) is 0 Å². The van der Waals surface area contributed by atoms with Gasteiger partial charge in [0.25, 0.3) is 5.69 Å². The summed E-state index contributed by atoms with van der Waals surface area (Å²) >= 11 is 2.40. The van der Waals surface area contributed by atoms with Gasteiger partial charge in [0, 0.05) is 21.9 Å². The van der Waals surface area contributed by atoms with Crippen LogP contribution in [0, 0.1) is 10.1 Å². The van der Waals surface area contributed by atoms with Gasteiger partial charge >= 0.3 is 11.9 Å². The molecular formula is C21H15NO6S2. The molecular weight excluding hydrogens is 426 g/mol. The molecule has 7 nitrogen and oxygen atoms in total. The normalized spacial score (nSPS) is 10.7. The minimum atomic E-state index is -1.09. The van der Waals surface area contributed by atoms with Gasteiger partial charge in [0.05, 0.1) is 20.6 Å². The van der Waals surface area contributed by atoms with Gasteiger partial charge in [-0.15, -0.1) is 23.5 Å². The second kappa shape index (κ2) is 9.47. The molecule has 9 heteroatoms. The Kier molecular flexibility index (Phi) is 6.76. The lowest BCUT2D eigenvalue weighted by atomic mass is 10.2. The fourth-order valence-electron chi connectivity index (χ4n) is 2.67. The maximum absolute atomic E-state index is 11.6. The van der Waals surface area contributed by atoms with Crippen LogP contribution < -0.4 is 0 Å². The monoisotopic (exact) mass is 441 g/mol. The van der Waals surface area contributed by atoms with E-state index in [4.69, 9.17) is 0 Å². The van der Waals surface area contributed by atoms with E-state index in [1.54, 1.807) is 48.5 Å². The molecule has 0 aromatic heterocycles. The molecule has 0 fully saturated rings. The molecule has 0 heterocycles. The quantitative estimate of drug-likeness (QED) is 0.201. The van der Waals surface area contributed by atoms with Crippen molar-refractivity contribution in [2.45, 2.75) is 14.4 Å². The van der Waals surface area contributed by atoms with E-state index in [1.165, 1.54) is 47.8 Å². The average molecular weight is 441 g/mol. The summed E-state index contributed by atoms with van der Waals surface area (Å²) in [6.07, 6.45) is 0. The zero-order chi connectivity index (χ0) is 21.7. The zero-order valence-corrected chi connectivity index (χ0v) is 16.9. The molecule has 0 saturated heterocycles. The number of nitro groups is 1. The zero-order valence-electron chi connectivity index (χ0n) is 15.3. The first-order valence-electron chi connectivity index (χ1n) is 8.59. The molecule has 0 spiro atoms. The SMILES string of the molecule is O=C(O)c1ccccc1SC(Sc1ccccc1C(=O)O)c1cccc([N+](=O)[O-])c1. The molecule has 0 aliphatic heterocycles. The summed E-state index contributed by atoms with van der Waals surface area (Å²) in [5.74, 6) is -2.18. The minimum Gasteiger partial charge on any atom is -0.478 e. The maximum Gasteiger partial charge on any atom is 0.336 e. The molecule has 0 radical (unpaired) electrons. The standard InChI is InChI=1S/C21H15NO6S2/c23-19(24)15-8-1-3-10-17(15)29-21(13-6-5-7-14(12-13)22(27)28)30-18-11-4-2-9-16(18)20(25)26/h1-12,21H,(H,23,24)(H,25,26). The summed E-state index contributed by atoms with van der Waals surface area (Å²) in [5.41, 5.74) is 0.673. The third-order valence-corrected chi connectivity index (χ3v) is 6.83. The highest BCUT2D eigenvalue weighted by atomic mass is 32.2. The first-order chi connectivity index (χ1) is 14.4. The van der Waals surface area contributed by atoms with Gasteiger partial charge in [-0.1, -0.05) is 36.4 Å². The van der Waals surface area contributed by atoms with Crippen molar-refractivity contribution in [1.29, 1.82) is 0 Å². The van der Waals surface area contributed by atoms with Crippen LogP contribution in [-0.2, 0) is 0 Å². The number of aromatic carboxylic acids is 2. The number of nitro benzene ring substituents is 1. The van der Waals surface area contributed by atoms with Crippen LogP contribution in [0.3, 0.4) is 0 Å². The Balaban J connectivity index is 2.06. The third-order valence-electron chi connectivity index (χ3n) is 4.06. The number of hydrogen-bond acceptors (Lipinski definition) is 6. The highest BCUT2D eigenvalue weighted by Crippen LogP contribution is 2.49. The summed E-state index contributed by atoms with van der Waals surface area (Å²) in [6, 6.07) is 18.9. The molecule has 0 saturated carbocycles. The van der Waals surface area contributed by atoms with Crippen LogP contribution in [0.1, 0.15) is 30.9 Å². The second-order valence-electron chi connectivity index (χ2n) is 6.02. The molecule has 30 heavy (non-hydrogen) atoms. The molecule has 0 aliphatic rings. The summed E-state index contributed by atoms with van der Waals surface area (Å²) in [7, 11) is 0. The minimum absolute atomic E-state index is 0.100. The molecule has 0 unspecified atom stereocenters. The predicted molar refractivity (Wildman–Crippen MR) is 114 cm³/mol. The van der Waals surface area contributed by atoms with Gasteiger partial charge in [-0.25, -0.2) is 9.59 Å². The lowest BCUT2D eigenvalue weighted by Crippen LogP contribution is -2.02. The fourth-order valence-corrected chi connectivity index (χ4v) is 5.39. The number of carboxylic acid groups (broad SMARTS) is 2. The summed E-state index contributed by atoms with van der Waals surface area (Å²) in [4.78, 5) is 34.9. The Hall–Kier alpha value is -3.30. The van der Waals surface area contributed by atoms with E-state index in [0.29, 0.717) is 15.4 Å². The largest absolute Gasteiger partial charge is 0.478 e. The Bertz CT molecular complexity index is 1060. The topological polar surface area (TPSA) is 118 Å². The Labute approximate surface area is 179 Å². The molecule has 3 aromatic rings. The fraction of sp³-hybridized carbons (Fsp3) is 0.0476. The van der Waals surface area contributed by atoms with Crippen molar-refractivity contribution in [3.8, 4) is 0 Å². The van der Waals surface area contributed by atoms with Gasteiger partial charge < -0.3 is 10.2 Å². The molecule has 2 N–H and O–H groups in total. The number of rotatable bonds is 8. The van der Waals surface area contributed by atoms with Crippen molar-refractivity contribution >= 4 is 41.1 Å². The van der Waals surface area contributed by atoms with Crippen LogP contribution in [0.25, 0.3) is 0 Å². The number of hydrogen-bond donors (Lipinski definition) is 2. The maximum atomic E-state index is 11.6. The lowest BCUT2D eigenvalue weighted by Gasteiger charge is -2.19. The summed E-state index contributed by atoms with van der Waals surface area (Å²) in [6.45, 7) is 0. The molecule has 0 amide bonds. The Morgan fingerprint density at radius 2 is 1.30 bits per heavy atom. The highest BCUT2D eigenvalue weighted by Gasteiger charge is 2.23. The van der Waals surface area contributed by atoms with Gasteiger partial charge in [0.15, 0.2) is 0 Å². The van der Waals surface area contributed by atoms with E-state index in [0.717, 1.165) is 0 Å². The number of thioether (sulfide) groups is 2. The molecule has 0 atom stereocenters. The Morgan fingerprint density at radius 1 is 0.800 bits per heavy atom. The van der Waals surface area contributed by atoms with Gasteiger partial charge in [-0.2, -0.15) is 0 Å². The summed E-state index contributed by atoms with van der Waals surface area (Å²) < 4.78 is -0.522. The average Bonchev–Trinajstić information content (AvgIpc) is 2.73. The van der Waals surface area contributed by atoms with E-state index in [1.807, 2.05) is 0 Å². The van der Waals surface area contributed by atoms with Crippen molar-refractivity contribution in [3.05, 3.63) is 99.6 Å². The number of non-ortho nitro benzene ring substituents is 1. The van der Waals surface area contributed by atoms with Crippen LogP contribution in [0.5, 0.6) is 0 Å². The number of carboxylic acids is 2. The van der Waals surface area contributed by atoms with Crippen LogP contribution in [0.4, 0.5) is 5.69 Å². The van der Waals surface area contributed by atoms with Crippen LogP contribution in [0.2, 0.25) is 0 Å². The van der Waals surface area contributed by atoms with E-state index >= 15 is 0 Å². The molecule has 0 bridgehead atoms. The van der Waals surface area contributed by atoms with E-state index < -0.39 is 21.4 Å². The number of nitrogens with zero attached hydrogens (tertiary/aromatic N) is 1. The van der Waals surface area contributed by atoms with Crippen molar-refractivity contribution in [3.63, 3.8) is 0 Å².